The fraction of sp³-hybridized carbons (Fsp3) is 0.0667. The molecule has 38 heavy (non-hydrogen) atoms. The lowest BCUT2D eigenvalue weighted by atomic mass is 10.1. The van der Waals surface area contributed by atoms with E-state index in [1.807, 2.05) is 55.5 Å². The first-order valence-electron chi connectivity index (χ1n) is 12.0. The van der Waals surface area contributed by atoms with Gasteiger partial charge in [-0.2, -0.15) is 0 Å². The predicted octanol–water partition coefficient (Wildman–Crippen LogP) is 6.73. The number of rotatable bonds is 8. The smallest absolute Gasteiger partial charge is 0.255 e. The first-order valence-corrected chi connectivity index (χ1v) is 12.0. The first kappa shape index (κ1) is 24.5. The molecule has 0 aliphatic heterocycles. The number of nitrogens with zero attached hydrogens (tertiary/aromatic N) is 3. The molecular formula is C30H25N5O3. The third kappa shape index (κ3) is 5.76. The normalized spacial score (nSPS) is 10.5. The highest BCUT2D eigenvalue weighted by molar-refractivity contribution is 6.04. The summed E-state index contributed by atoms with van der Waals surface area (Å²) in [7, 11) is 1.76. The molecule has 0 unspecified atom stereocenters. The molecule has 1 amide bonds. The van der Waals surface area contributed by atoms with Crippen LogP contribution in [0.1, 0.15) is 15.9 Å². The van der Waals surface area contributed by atoms with E-state index in [-0.39, 0.29) is 5.91 Å². The molecule has 0 saturated carbocycles. The zero-order valence-corrected chi connectivity index (χ0v) is 20.9. The van der Waals surface area contributed by atoms with Crippen LogP contribution in [0.4, 0.5) is 11.6 Å². The number of pyridine rings is 1. The van der Waals surface area contributed by atoms with Crippen LogP contribution in [-0.2, 0) is 0 Å². The molecule has 8 nitrogen and oxygen atoms in total. The highest BCUT2D eigenvalue weighted by atomic mass is 16.5. The Morgan fingerprint density at radius 1 is 0.789 bits per heavy atom. The Labute approximate surface area is 220 Å². The molecule has 0 spiro atoms. The molecule has 0 aliphatic carbocycles. The number of benzene rings is 3. The van der Waals surface area contributed by atoms with Crippen molar-refractivity contribution in [1.29, 1.82) is 0 Å². The third-order valence-electron chi connectivity index (χ3n) is 5.66. The Balaban J connectivity index is 1.27. The summed E-state index contributed by atoms with van der Waals surface area (Å²) < 4.78 is 12.0. The maximum absolute atomic E-state index is 12.8. The summed E-state index contributed by atoms with van der Waals surface area (Å²) in [5.74, 6) is 2.72. The van der Waals surface area contributed by atoms with Crippen LogP contribution in [0.3, 0.4) is 0 Å². The van der Waals surface area contributed by atoms with Crippen LogP contribution in [0, 0.1) is 6.92 Å². The molecule has 2 aromatic heterocycles. The monoisotopic (exact) mass is 503 g/mol. The average Bonchev–Trinajstić information content (AvgIpc) is 2.96. The van der Waals surface area contributed by atoms with E-state index < -0.39 is 0 Å². The van der Waals surface area contributed by atoms with Crippen molar-refractivity contribution in [2.75, 3.05) is 17.7 Å². The van der Waals surface area contributed by atoms with Crippen LogP contribution in [0.2, 0.25) is 0 Å². The van der Waals surface area contributed by atoms with Crippen molar-refractivity contribution < 1.29 is 14.3 Å². The van der Waals surface area contributed by atoms with Crippen LogP contribution in [-0.4, -0.2) is 27.9 Å². The van der Waals surface area contributed by atoms with Crippen molar-refractivity contribution >= 4 is 17.5 Å². The summed E-state index contributed by atoms with van der Waals surface area (Å²) in [5, 5.41) is 5.87. The second kappa shape index (κ2) is 11.2. The molecule has 0 bridgehead atoms. The number of para-hydroxylation sites is 1. The van der Waals surface area contributed by atoms with Gasteiger partial charge in [0.05, 0.1) is 11.3 Å². The van der Waals surface area contributed by atoms with Crippen LogP contribution < -0.4 is 20.1 Å². The van der Waals surface area contributed by atoms with Gasteiger partial charge in [-0.25, -0.2) is 15.0 Å². The zero-order valence-electron chi connectivity index (χ0n) is 20.9. The van der Waals surface area contributed by atoms with E-state index in [1.165, 1.54) is 0 Å². The van der Waals surface area contributed by atoms with Gasteiger partial charge in [0.2, 0.25) is 11.8 Å². The van der Waals surface area contributed by atoms with Gasteiger partial charge < -0.3 is 20.1 Å². The molecule has 8 heteroatoms. The number of hydrogen-bond donors (Lipinski definition) is 2. The minimum Gasteiger partial charge on any atom is -0.457 e. The molecule has 0 atom stereocenters. The fourth-order valence-electron chi connectivity index (χ4n) is 3.74. The van der Waals surface area contributed by atoms with Gasteiger partial charge in [-0.1, -0.05) is 18.2 Å². The van der Waals surface area contributed by atoms with Crippen LogP contribution in [0.5, 0.6) is 23.1 Å². The molecule has 2 N–H and O–H groups in total. The second-order valence-corrected chi connectivity index (χ2v) is 8.35. The highest BCUT2D eigenvalue weighted by Crippen LogP contribution is 2.33. The number of nitrogens with one attached hydrogen (secondary N) is 2. The van der Waals surface area contributed by atoms with Gasteiger partial charge in [-0.15, -0.1) is 0 Å². The Kier molecular flexibility index (Phi) is 7.22. The van der Waals surface area contributed by atoms with Crippen LogP contribution in [0.25, 0.3) is 11.3 Å². The molecule has 3 aromatic carbocycles. The van der Waals surface area contributed by atoms with Gasteiger partial charge >= 0.3 is 0 Å². The van der Waals surface area contributed by atoms with Gasteiger partial charge in [-0.05, 0) is 85.3 Å². The van der Waals surface area contributed by atoms with Gasteiger partial charge in [0.25, 0.3) is 5.91 Å². The third-order valence-corrected chi connectivity index (χ3v) is 5.66. The topological polar surface area (TPSA) is 98.3 Å². The highest BCUT2D eigenvalue weighted by Gasteiger charge is 2.13. The van der Waals surface area contributed by atoms with Gasteiger partial charge in [0.15, 0.2) is 0 Å². The Bertz CT molecular complexity index is 1560. The lowest BCUT2D eigenvalue weighted by Crippen LogP contribution is -2.11. The maximum atomic E-state index is 12.8. The van der Waals surface area contributed by atoms with Gasteiger partial charge in [-0.3, -0.25) is 4.79 Å². The number of aryl methyl sites for hydroxylation is 1. The molecule has 188 valence electrons. The molecule has 0 aliphatic rings. The minimum absolute atomic E-state index is 0.222. The summed E-state index contributed by atoms with van der Waals surface area (Å²) >= 11 is 0. The van der Waals surface area contributed by atoms with E-state index in [9.17, 15) is 4.79 Å². The van der Waals surface area contributed by atoms with E-state index in [0.717, 1.165) is 16.9 Å². The predicted molar refractivity (Wildman–Crippen MR) is 147 cm³/mol. The zero-order chi connectivity index (χ0) is 26.3. The lowest BCUT2D eigenvalue weighted by molar-refractivity contribution is 0.102. The molecular weight excluding hydrogens is 478 g/mol. The number of carbonyl (C=O) groups excluding carboxylic acids is 1. The van der Waals surface area contributed by atoms with Gasteiger partial charge in [0.1, 0.15) is 17.2 Å². The van der Waals surface area contributed by atoms with E-state index in [2.05, 4.69) is 25.6 Å². The fourth-order valence-corrected chi connectivity index (χ4v) is 3.74. The number of carbonyl (C=O) groups is 1. The summed E-state index contributed by atoms with van der Waals surface area (Å²) in [6, 6.07) is 27.5. The summed E-state index contributed by atoms with van der Waals surface area (Å²) in [4.78, 5) is 25.9. The molecule has 0 saturated heterocycles. The number of ether oxygens (including phenoxy) is 2. The van der Waals surface area contributed by atoms with Gasteiger partial charge in [0, 0.05) is 30.7 Å². The Hall–Kier alpha value is -5.24. The Morgan fingerprint density at radius 3 is 2.34 bits per heavy atom. The summed E-state index contributed by atoms with van der Waals surface area (Å²) in [6.45, 7) is 1.91. The Morgan fingerprint density at radius 2 is 1.58 bits per heavy atom. The largest absolute Gasteiger partial charge is 0.457 e. The number of anilines is 2. The molecule has 5 aromatic rings. The van der Waals surface area contributed by atoms with Crippen molar-refractivity contribution in [1.82, 2.24) is 15.0 Å². The van der Waals surface area contributed by atoms with E-state index in [1.54, 1.807) is 61.9 Å². The molecule has 0 fully saturated rings. The minimum atomic E-state index is -0.222. The van der Waals surface area contributed by atoms with Crippen molar-refractivity contribution in [2.24, 2.45) is 0 Å². The van der Waals surface area contributed by atoms with E-state index in [0.29, 0.717) is 40.3 Å². The molecule has 2 heterocycles. The van der Waals surface area contributed by atoms with Crippen molar-refractivity contribution in [3.05, 3.63) is 115 Å². The van der Waals surface area contributed by atoms with Crippen LogP contribution in [0.15, 0.2) is 103 Å². The van der Waals surface area contributed by atoms with E-state index in [4.69, 9.17) is 9.47 Å². The molecule has 0 radical (unpaired) electrons. The first-order chi connectivity index (χ1) is 18.6. The number of amides is 1. The SMILES string of the molecule is CNc1nccc(-c2cccnc2Oc2ccc(NC(=O)c3ccc(Oc4ccccc4)cc3)cc2C)n1. The van der Waals surface area contributed by atoms with Crippen LogP contribution >= 0.6 is 0 Å². The quantitative estimate of drug-likeness (QED) is 0.242. The lowest BCUT2D eigenvalue weighted by Gasteiger charge is -2.13. The average molecular weight is 504 g/mol. The second-order valence-electron chi connectivity index (χ2n) is 8.35. The summed E-state index contributed by atoms with van der Waals surface area (Å²) in [5.41, 5.74) is 3.44. The van der Waals surface area contributed by atoms with Crippen molar-refractivity contribution in [3.63, 3.8) is 0 Å². The maximum Gasteiger partial charge on any atom is 0.255 e. The number of hydrogen-bond acceptors (Lipinski definition) is 7. The summed E-state index contributed by atoms with van der Waals surface area (Å²) in [6.07, 6.45) is 3.34. The number of aromatic nitrogens is 3. The van der Waals surface area contributed by atoms with Crippen molar-refractivity contribution in [2.45, 2.75) is 6.92 Å². The van der Waals surface area contributed by atoms with E-state index >= 15 is 0 Å². The van der Waals surface area contributed by atoms with Crippen molar-refractivity contribution in [3.8, 4) is 34.4 Å². The molecule has 5 rings (SSSR count). The standard InChI is InChI=1S/C30H25N5O3/c1-20-19-22(34-28(36)21-10-13-24(14-11-21)37-23-7-4-3-5-8-23)12-15-27(20)38-29-25(9-6-17-32-29)26-16-18-33-30(31-2)35-26/h3-19H,1-2H3,(H,34,36)(H,31,33,35).